The molecule has 5 N–H and O–H groups in total. The lowest BCUT2D eigenvalue weighted by molar-refractivity contribution is -0.144. The molecule has 0 spiro atoms. The number of nitrogens with two attached hydrogens (primary N) is 2. The molecule has 0 aliphatic heterocycles. The van der Waals surface area contributed by atoms with Crippen molar-refractivity contribution in [1.82, 2.24) is 0 Å². The van der Waals surface area contributed by atoms with E-state index in [1.165, 1.54) is 0 Å². The molecule has 0 aliphatic rings. The standard InChI is InChI=1S/C20H22F3N3O5S.CH4O/c1-30-19(27)12(3-2-8-26-20(24)25)11-32(28,29)15-9-16(22)18(17(23)10-15)31-14-6-4-13(21)5-7-14;1-2/h4-7,9-10,12H,2-3,8,11H2,1H3,(H4,24,25,26);2H,1H3/t12-;/m0./s1. The lowest BCUT2D eigenvalue weighted by atomic mass is 10.1. The molecule has 0 saturated heterocycles. The van der Waals surface area contributed by atoms with Crippen LogP contribution in [0.4, 0.5) is 13.2 Å². The molecule has 0 saturated carbocycles. The minimum Gasteiger partial charge on any atom is -0.469 e. The predicted molar refractivity (Wildman–Crippen MR) is 118 cm³/mol. The number of aliphatic hydroxyl groups is 1. The number of carbonyl (C=O) groups excluding carboxylic acids is 1. The minimum absolute atomic E-state index is 0.0497. The second-order valence-corrected chi connectivity index (χ2v) is 8.76. The molecule has 2 rings (SSSR count). The summed E-state index contributed by atoms with van der Waals surface area (Å²) >= 11 is 0. The molecule has 9 nitrogen and oxygen atoms in total. The summed E-state index contributed by atoms with van der Waals surface area (Å²) in [5.41, 5.74) is 10.4. The number of benzene rings is 2. The van der Waals surface area contributed by atoms with Gasteiger partial charge in [-0.2, -0.15) is 0 Å². The average molecular weight is 506 g/mol. The van der Waals surface area contributed by atoms with Crippen molar-refractivity contribution < 1.29 is 41.0 Å². The minimum atomic E-state index is -4.28. The van der Waals surface area contributed by atoms with Crippen LogP contribution < -0.4 is 16.2 Å². The highest BCUT2D eigenvalue weighted by molar-refractivity contribution is 7.91. The Morgan fingerprint density at radius 1 is 1.09 bits per heavy atom. The van der Waals surface area contributed by atoms with Crippen LogP contribution in [-0.2, 0) is 19.4 Å². The van der Waals surface area contributed by atoms with E-state index >= 15 is 0 Å². The topological polar surface area (TPSA) is 154 Å². The van der Waals surface area contributed by atoms with Gasteiger partial charge in [0.15, 0.2) is 33.2 Å². The average Bonchev–Trinajstić information content (AvgIpc) is 2.80. The summed E-state index contributed by atoms with van der Waals surface area (Å²) in [6, 6.07) is 5.55. The molecule has 188 valence electrons. The van der Waals surface area contributed by atoms with Crippen molar-refractivity contribution in [3.8, 4) is 11.5 Å². The number of ether oxygens (including phenoxy) is 2. The summed E-state index contributed by atoms with van der Waals surface area (Å²) in [5.74, 6) is -6.82. The van der Waals surface area contributed by atoms with E-state index in [-0.39, 0.29) is 31.1 Å². The van der Waals surface area contributed by atoms with E-state index in [2.05, 4.69) is 9.73 Å². The van der Waals surface area contributed by atoms with Gasteiger partial charge in [-0.1, -0.05) is 0 Å². The van der Waals surface area contributed by atoms with Gasteiger partial charge in [0.25, 0.3) is 0 Å². The molecule has 0 bridgehead atoms. The van der Waals surface area contributed by atoms with Crippen molar-refractivity contribution in [2.24, 2.45) is 22.4 Å². The molecular weight excluding hydrogens is 479 g/mol. The molecule has 0 aromatic heterocycles. The zero-order valence-corrected chi connectivity index (χ0v) is 19.3. The second-order valence-electron chi connectivity index (χ2n) is 6.72. The van der Waals surface area contributed by atoms with Crippen molar-refractivity contribution in [2.75, 3.05) is 26.5 Å². The van der Waals surface area contributed by atoms with Crippen LogP contribution in [0.3, 0.4) is 0 Å². The smallest absolute Gasteiger partial charge is 0.309 e. The van der Waals surface area contributed by atoms with Crippen molar-refractivity contribution in [1.29, 1.82) is 0 Å². The zero-order chi connectivity index (χ0) is 25.9. The number of hydrogen-bond acceptors (Lipinski definition) is 7. The zero-order valence-electron chi connectivity index (χ0n) is 18.5. The number of guanidine groups is 1. The van der Waals surface area contributed by atoms with Gasteiger partial charge in [0.05, 0.1) is 23.7 Å². The number of aliphatic imine (C=N–C) groups is 1. The normalized spacial score (nSPS) is 11.6. The molecule has 13 heteroatoms. The van der Waals surface area contributed by atoms with Gasteiger partial charge in [0.2, 0.25) is 0 Å². The molecular formula is C21H26F3N3O6S. The number of rotatable bonds is 10. The Morgan fingerprint density at radius 3 is 2.15 bits per heavy atom. The third kappa shape index (κ3) is 8.56. The number of esters is 1. The van der Waals surface area contributed by atoms with Gasteiger partial charge in [-0.05, 0) is 49.2 Å². The molecule has 34 heavy (non-hydrogen) atoms. The SMILES string of the molecule is CO.COC(=O)[C@@H](CCCN=C(N)N)CS(=O)(=O)c1cc(F)c(Oc2ccc(F)cc2)c(F)c1. The van der Waals surface area contributed by atoms with Crippen molar-refractivity contribution in [3.05, 3.63) is 53.8 Å². The molecule has 0 aliphatic carbocycles. The number of sulfone groups is 1. The van der Waals surface area contributed by atoms with Gasteiger partial charge in [0.1, 0.15) is 11.6 Å². The van der Waals surface area contributed by atoms with E-state index in [4.69, 9.17) is 21.3 Å². The Hall–Kier alpha value is -3.32. The molecule has 1 atom stereocenters. The fraction of sp³-hybridized carbons (Fsp3) is 0.333. The van der Waals surface area contributed by atoms with E-state index in [1.807, 2.05) is 0 Å². The van der Waals surface area contributed by atoms with Crippen molar-refractivity contribution in [3.63, 3.8) is 0 Å². The lowest BCUT2D eigenvalue weighted by Crippen LogP contribution is -2.26. The maximum absolute atomic E-state index is 14.5. The monoisotopic (exact) mass is 505 g/mol. The van der Waals surface area contributed by atoms with E-state index in [0.29, 0.717) is 12.1 Å². The Balaban J connectivity index is 0.00000281. The number of halogens is 3. The van der Waals surface area contributed by atoms with E-state index in [0.717, 1.165) is 38.5 Å². The van der Waals surface area contributed by atoms with Gasteiger partial charge in [-0.25, -0.2) is 21.6 Å². The molecule has 2 aromatic rings. The molecule has 2 aromatic carbocycles. The maximum Gasteiger partial charge on any atom is 0.309 e. The fourth-order valence-electron chi connectivity index (χ4n) is 2.78. The first kappa shape index (κ1) is 28.7. The van der Waals surface area contributed by atoms with Gasteiger partial charge in [0, 0.05) is 13.7 Å². The van der Waals surface area contributed by atoms with Gasteiger partial charge >= 0.3 is 5.97 Å². The Labute approximate surface area is 195 Å². The van der Waals surface area contributed by atoms with Crippen molar-refractivity contribution >= 4 is 21.8 Å². The first-order valence-corrected chi connectivity index (χ1v) is 11.4. The summed E-state index contributed by atoms with van der Waals surface area (Å²) in [7, 11) is -2.18. The molecule has 0 radical (unpaired) electrons. The highest BCUT2D eigenvalue weighted by atomic mass is 32.2. The number of nitrogens with zero attached hydrogens (tertiary/aromatic N) is 1. The summed E-state index contributed by atoms with van der Waals surface area (Å²) < 4.78 is 77.0. The molecule has 0 unspecified atom stereocenters. The largest absolute Gasteiger partial charge is 0.469 e. The Bertz CT molecular complexity index is 1070. The lowest BCUT2D eigenvalue weighted by Gasteiger charge is -2.15. The Kier molecular flexibility index (Phi) is 11.3. The van der Waals surface area contributed by atoms with Crippen LogP contribution in [0.15, 0.2) is 46.3 Å². The number of aliphatic hydroxyl groups excluding tert-OH is 1. The quantitative estimate of drug-likeness (QED) is 0.192. The second kappa shape index (κ2) is 13.4. The third-order valence-corrected chi connectivity index (χ3v) is 6.12. The highest BCUT2D eigenvalue weighted by Crippen LogP contribution is 2.31. The van der Waals surface area contributed by atoms with Crippen LogP contribution in [0.1, 0.15) is 12.8 Å². The molecule has 0 amide bonds. The number of methoxy groups -OCH3 is 1. The van der Waals surface area contributed by atoms with Crippen LogP contribution in [0.2, 0.25) is 0 Å². The van der Waals surface area contributed by atoms with Crippen molar-refractivity contribution in [2.45, 2.75) is 17.7 Å². The van der Waals surface area contributed by atoms with Gasteiger partial charge in [-0.3, -0.25) is 9.79 Å². The predicted octanol–water partition coefficient (Wildman–Crippen LogP) is 2.12. The summed E-state index contributed by atoms with van der Waals surface area (Å²) in [6.45, 7) is 0.161. The number of hydrogen-bond donors (Lipinski definition) is 3. The summed E-state index contributed by atoms with van der Waals surface area (Å²) in [5, 5.41) is 7.00. The molecule has 0 heterocycles. The van der Waals surface area contributed by atoms with Crippen LogP contribution in [0.5, 0.6) is 11.5 Å². The van der Waals surface area contributed by atoms with E-state index in [1.54, 1.807) is 0 Å². The van der Waals surface area contributed by atoms with Gasteiger partial charge in [-0.15, -0.1) is 0 Å². The summed E-state index contributed by atoms with van der Waals surface area (Å²) in [4.78, 5) is 15.1. The van der Waals surface area contributed by atoms with Gasteiger partial charge < -0.3 is 26.0 Å². The van der Waals surface area contributed by atoms with E-state index < -0.39 is 55.6 Å². The van der Waals surface area contributed by atoms with Crippen LogP contribution in [0.25, 0.3) is 0 Å². The first-order chi connectivity index (χ1) is 16.0. The fourth-order valence-corrected chi connectivity index (χ4v) is 4.37. The van der Waals surface area contributed by atoms with E-state index in [9.17, 15) is 26.4 Å². The molecule has 0 fully saturated rings. The van der Waals surface area contributed by atoms with Crippen LogP contribution >= 0.6 is 0 Å². The number of carbonyl (C=O) groups is 1. The Morgan fingerprint density at radius 2 is 1.65 bits per heavy atom. The first-order valence-electron chi connectivity index (χ1n) is 9.76. The van der Waals surface area contributed by atoms with Crippen LogP contribution in [-0.4, -0.2) is 52.0 Å². The van der Waals surface area contributed by atoms with Crippen LogP contribution in [0, 0.1) is 23.4 Å². The highest BCUT2D eigenvalue weighted by Gasteiger charge is 2.29. The maximum atomic E-state index is 14.5. The summed E-state index contributed by atoms with van der Waals surface area (Å²) in [6.07, 6.45) is 0.347. The third-order valence-electron chi connectivity index (χ3n) is 4.32.